The highest BCUT2D eigenvalue weighted by molar-refractivity contribution is 7.00. The number of hydrogen-bond donors (Lipinski definition) is 0. The molecule has 16 aromatic rings. The van der Waals surface area contributed by atoms with Crippen LogP contribution in [-0.2, 0) is 21.7 Å². The van der Waals surface area contributed by atoms with Gasteiger partial charge >= 0.3 is 0 Å². The van der Waals surface area contributed by atoms with Crippen LogP contribution >= 0.6 is 0 Å². The smallest absolute Gasteiger partial charge is 0.252 e. The van der Waals surface area contributed by atoms with Crippen molar-refractivity contribution in [1.82, 2.24) is 9.13 Å². The Morgan fingerprint density at radius 2 is 0.691 bits per heavy atom. The zero-order chi connectivity index (χ0) is 66.3. The Balaban J connectivity index is 1.01. The molecule has 18 rings (SSSR count). The van der Waals surface area contributed by atoms with Gasteiger partial charge in [0.25, 0.3) is 6.71 Å². The van der Waals surface area contributed by atoms with E-state index in [1.165, 1.54) is 154 Å². The van der Waals surface area contributed by atoms with Gasteiger partial charge in [0.15, 0.2) is 0 Å². The fourth-order valence-corrected chi connectivity index (χ4v) is 16.4. The summed E-state index contributed by atoms with van der Waals surface area (Å²) in [5, 5.41) is 14.9. The van der Waals surface area contributed by atoms with Crippen LogP contribution in [0.3, 0.4) is 0 Å². The summed E-state index contributed by atoms with van der Waals surface area (Å²) in [6, 6.07) is 101. The van der Waals surface area contributed by atoms with Gasteiger partial charge in [-0.1, -0.05) is 253 Å². The van der Waals surface area contributed by atoms with E-state index >= 15 is 0 Å². The van der Waals surface area contributed by atoms with Crippen LogP contribution in [0.1, 0.15) is 105 Å². The van der Waals surface area contributed by atoms with E-state index in [1.54, 1.807) is 0 Å². The molecule has 0 aliphatic carbocycles. The summed E-state index contributed by atoms with van der Waals surface area (Å²) in [5.74, 6) is 0. The largest absolute Gasteiger partial charge is 0.311 e. The zero-order valence-electron chi connectivity index (χ0n) is 57.7. The van der Waals surface area contributed by atoms with E-state index in [-0.39, 0.29) is 28.4 Å². The fourth-order valence-electron chi connectivity index (χ4n) is 16.4. The molecular weight excluding hydrogens is 1170 g/mol. The van der Waals surface area contributed by atoms with Crippen LogP contribution in [0.15, 0.2) is 261 Å². The number of rotatable bonds is 5. The van der Waals surface area contributed by atoms with Crippen molar-refractivity contribution in [3.05, 3.63) is 283 Å². The molecule has 0 unspecified atom stereocenters. The Morgan fingerprint density at radius 3 is 1.19 bits per heavy atom. The second kappa shape index (κ2) is 20.9. The lowest BCUT2D eigenvalue weighted by atomic mass is 9.33. The fraction of sp³-hybridized carbons (Fsp3) is 0.174. The van der Waals surface area contributed by atoms with Gasteiger partial charge < -0.3 is 18.9 Å². The molecule has 14 aromatic carbocycles. The molecule has 470 valence electrons. The minimum absolute atomic E-state index is 0.143. The first kappa shape index (κ1) is 58.9. The van der Waals surface area contributed by atoms with Crippen LogP contribution in [-0.4, -0.2) is 15.8 Å². The molecule has 0 radical (unpaired) electrons. The van der Waals surface area contributed by atoms with Crippen molar-refractivity contribution in [3.8, 4) is 22.5 Å². The first-order chi connectivity index (χ1) is 46.6. The molecule has 4 heterocycles. The molecule has 0 N–H and O–H groups in total. The summed E-state index contributed by atoms with van der Waals surface area (Å²) in [6.07, 6.45) is 0. The average Bonchev–Trinajstić information content (AvgIpc) is 1.36. The Hall–Kier alpha value is -10.6. The van der Waals surface area contributed by atoms with E-state index in [0.717, 1.165) is 28.0 Å². The topological polar surface area (TPSA) is 16.3 Å². The lowest BCUT2D eigenvalue weighted by Gasteiger charge is -2.45. The quantitative estimate of drug-likeness (QED) is 0.126. The summed E-state index contributed by atoms with van der Waals surface area (Å²) < 4.78 is 5.02. The standard InChI is InChI=1S/C92H79BN4/c1-89(2,3)62-48-63(90(4,5)6)51-68(50-62)95-82-54-75-59(37-35-56-25-19-21-31-70(56)75)43-77(82)93-78-44-60-38-36-57-26-20-22-32-71(57)76(60)55-83(78)96(69-52-64(91(7,8)9)49-65(53-69)92(10,11)12)85-47-61(46-84(95)87(85)93)58-39-40-74-81(45-58)94(66-27-15-13-16-28-66)80-42-41-73-72-33-23-24-34-79(72)97(88(73)86(74)80)67-29-17-14-18-30-67/h13-55H,1-12H3. The number of anilines is 6. The molecule has 0 saturated heterocycles. The molecule has 4 nitrogen and oxygen atoms in total. The molecule has 2 aliphatic rings. The molecule has 97 heavy (non-hydrogen) atoms. The van der Waals surface area contributed by atoms with E-state index in [0.29, 0.717) is 0 Å². The first-order valence-corrected chi connectivity index (χ1v) is 34.8. The number of aromatic nitrogens is 2. The third-order valence-electron chi connectivity index (χ3n) is 21.5. The predicted octanol–water partition coefficient (Wildman–Crippen LogP) is 23.4. The average molecular weight is 1250 g/mol. The number of nitrogens with zero attached hydrogens (tertiary/aromatic N) is 4. The number of para-hydroxylation sites is 3. The van der Waals surface area contributed by atoms with Gasteiger partial charge in [0.05, 0.1) is 22.1 Å². The number of fused-ring (bicyclic) bond motifs is 17. The highest BCUT2D eigenvalue weighted by Gasteiger charge is 2.45. The molecule has 0 atom stereocenters. The van der Waals surface area contributed by atoms with Gasteiger partial charge in [0.1, 0.15) is 0 Å². The van der Waals surface area contributed by atoms with Gasteiger partial charge in [-0.3, -0.25) is 0 Å². The van der Waals surface area contributed by atoms with Crippen molar-refractivity contribution in [2.75, 3.05) is 9.80 Å². The van der Waals surface area contributed by atoms with E-state index in [1.807, 2.05) is 0 Å². The predicted molar refractivity (Wildman–Crippen MR) is 419 cm³/mol. The lowest BCUT2D eigenvalue weighted by Crippen LogP contribution is -2.61. The van der Waals surface area contributed by atoms with Crippen LogP contribution in [0, 0.1) is 0 Å². The maximum absolute atomic E-state index is 2.70. The van der Waals surface area contributed by atoms with Crippen molar-refractivity contribution in [1.29, 1.82) is 0 Å². The van der Waals surface area contributed by atoms with E-state index in [9.17, 15) is 0 Å². The molecule has 0 spiro atoms. The minimum Gasteiger partial charge on any atom is -0.311 e. The highest BCUT2D eigenvalue weighted by Crippen LogP contribution is 2.52. The van der Waals surface area contributed by atoms with Crippen molar-refractivity contribution in [2.24, 2.45) is 0 Å². The molecule has 0 saturated carbocycles. The van der Waals surface area contributed by atoms with E-state index in [2.05, 4.69) is 363 Å². The minimum atomic E-state index is -0.147. The van der Waals surface area contributed by atoms with Gasteiger partial charge in [-0.25, -0.2) is 0 Å². The van der Waals surface area contributed by atoms with Crippen LogP contribution in [0.4, 0.5) is 34.1 Å². The van der Waals surface area contributed by atoms with Gasteiger partial charge in [-0.05, 0) is 206 Å². The lowest BCUT2D eigenvalue weighted by molar-refractivity contribution is 0.568. The molecule has 5 heteroatoms. The van der Waals surface area contributed by atoms with Crippen LogP contribution < -0.4 is 26.2 Å². The third-order valence-corrected chi connectivity index (χ3v) is 21.5. The summed E-state index contributed by atoms with van der Waals surface area (Å²) in [7, 11) is 0. The molecule has 2 aliphatic heterocycles. The molecule has 0 amide bonds. The SMILES string of the molecule is CC(C)(C)c1cc(N2c3cc4c(ccc5ccccc54)cc3B3c4cc5ccc6ccccc6c5cc4N(c4cc(C(C)(C)C)cc(C(C)(C)C)c4)c4cc(-c5ccc6c7c(ccc8c9ccccc9n(-c9ccccc9)c87)n(-c7ccccc7)c6c5)cc2c43)cc(C(C)(C)C)c1. The summed E-state index contributed by atoms with van der Waals surface area (Å²) in [6.45, 7) is 28.3. The Bertz CT molecular complexity index is 5700. The van der Waals surface area contributed by atoms with Crippen molar-refractivity contribution in [2.45, 2.75) is 105 Å². The molecule has 2 aromatic heterocycles. The Morgan fingerprint density at radius 1 is 0.258 bits per heavy atom. The molecule has 0 bridgehead atoms. The van der Waals surface area contributed by atoms with Crippen molar-refractivity contribution >= 4 is 144 Å². The third kappa shape index (κ3) is 9.17. The summed E-state index contributed by atoms with van der Waals surface area (Å²) >= 11 is 0. The second-order valence-electron chi connectivity index (χ2n) is 31.9. The monoisotopic (exact) mass is 1250 g/mol. The highest BCUT2D eigenvalue weighted by atomic mass is 15.2. The number of benzene rings is 14. The Labute approximate surface area is 569 Å². The van der Waals surface area contributed by atoms with Crippen LogP contribution in [0.25, 0.3) is 109 Å². The van der Waals surface area contributed by atoms with E-state index in [4.69, 9.17) is 0 Å². The normalized spacial score (nSPS) is 13.5. The second-order valence-corrected chi connectivity index (χ2v) is 31.9. The summed E-state index contributed by atoms with van der Waals surface area (Å²) in [4.78, 5) is 5.39. The van der Waals surface area contributed by atoms with Gasteiger partial charge in [0.2, 0.25) is 0 Å². The molecule has 0 fully saturated rings. The maximum atomic E-state index is 2.70. The molecular formula is C92H79BN4. The maximum Gasteiger partial charge on any atom is 0.252 e. The van der Waals surface area contributed by atoms with Crippen molar-refractivity contribution < 1.29 is 0 Å². The van der Waals surface area contributed by atoms with Crippen molar-refractivity contribution in [3.63, 3.8) is 0 Å². The van der Waals surface area contributed by atoms with Gasteiger partial charge in [0, 0.05) is 67.0 Å². The number of hydrogen-bond acceptors (Lipinski definition) is 2. The summed E-state index contributed by atoms with van der Waals surface area (Å²) in [5.41, 5.74) is 25.0. The van der Waals surface area contributed by atoms with Gasteiger partial charge in [-0.15, -0.1) is 0 Å². The zero-order valence-corrected chi connectivity index (χ0v) is 57.7. The van der Waals surface area contributed by atoms with Crippen LogP contribution in [0.2, 0.25) is 0 Å². The Kier molecular flexibility index (Phi) is 12.7. The van der Waals surface area contributed by atoms with E-state index < -0.39 is 0 Å². The van der Waals surface area contributed by atoms with Crippen LogP contribution in [0.5, 0.6) is 0 Å². The van der Waals surface area contributed by atoms with Gasteiger partial charge in [-0.2, -0.15) is 0 Å². The first-order valence-electron chi connectivity index (χ1n) is 34.8.